The van der Waals surface area contributed by atoms with E-state index in [-0.39, 0.29) is 35.8 Å². The largest absolute Gasteiger partial charge is 0.396 e. The highest BCUT2D eigenvalue weighted by molar-refractivity contribution is 7.92. The highest BCUT2D eigenvalue weighted by Crippen LogP contribution is 2.49. The highest BCUT2D eigenvalue weighted by Gasteiger charge is 2.49. The van der Waals surface area contributed by atoms with Crippen LogP contribution in [-0.4, -0.2) is 20.1 Å². The van der Waals surface area contributed by atoms with Crippen molar-refractivity contribution in [2.45, 2.75) is 41.7 Å². The standard InChI is InChI=1S/C20H21ClF2O3S/c21-15-1-4-17(5-2-15)27(25,26)20(10-7-14(8-11-20)9-12-24)18-13-16(22)3-6-19(18)23/h1-6,13-14,24H,7-12H2. The van der Waals surface area contributed by atoms with Gasteiger partial charge in [-0.2, -0.15) is 0 Å². The normalized spacial score (nSPS) is 23.3. The van der Waals surface area contributed by atoms with Crippen molar-refractivity contribution in [2.24, 2.45) is 5.92 Å². The molecule has 0 amide bonds. The van der Waals surface area contributed by atoms with Crippen LogP contribution in [0.4, 0.5) is 8.78 Å². The Balaban J connectivity index is 2.14. The van der Waals surface area contributed by atoms with Gasteiger partial charge in [0, 0.05) is 17.2 Å². The van der Waals surface area contributed by atoms with Crippen LogP contribution in [0.3, 0.4) is 0 Å². The van der Waals surface area contributed by atoms with Crippen molar-refractivity contribution in [1.29, 1.82) is 0 Å². The molecule has 1 saturated carbocycles. The molecule has 0 aliphatic heterocycles. The summed E-state index contributed by atoms with van der Waals surface area (Å²) < 4.78 is 54.2. The van der Waals surface area contributed by atoms with Crippen LogP contribution in [0.2, 0.25) is 5.02 Å². The van der Waals surface area contributed by atoms with Crippen LogP contribution >= 0.6 is 11.6 Å². The van der Waals surface area contributed by atoms with E-state index in [2.05, 4.69) is 0 Å². The Labute approximate surface area is 162 Å². The monoisotopic (exact) mass is 414 g/mol. The van der Waals surface area contributed by atoms with Crippen LogP contribution in [0, 0.1) is 17.6 Å². The molecule has 1 aliphatic rings. The zero-order valence-corrected chi connectivity index (χ0v) is 16.2. The van der Waals surface area contributed by atoms with E-state index in [1.807, 2.05) is 0 Å². The van der Waals surface area contributed by atoms with Crippen LogP contribution in [0.15, 0.2) is 47.4 Å². The molecule has 2 aromatic rings. The number of halogens is 3. The molecule has 3 rings (SSSR count). The number of aliphatic hydroxyl groups is 1. The first kappa shape index (κ1) is 20.2. The minimum Gasteiger partial charge on any atom is -0.396 e. The molecular formula is C20H21ClF2O3S. The predicted octanol–water partition coefficient (Wildman–Crippen LogP) is 4.86. The van der Waals surface area contributed by atoms with E-state index in [4.69, 9.17) is 16.7 Å². The van der Waals surface area contributed by atoms with Crippen LogP contribution in [0.25, 0.3) is 0 Å². The molecule has 1 N–H and O–H groups in total. The number of hydrogen-bond donors (Lipinski definition) is 1. The fraction of sp³-hybridized carbons (Fsp3) is 0.400. The third-order valence-electron chi connectivity index (χ3n) is 5.51. The third-order valence-corrected chi connectivity index (χ3v) is 8.31. The average molecular weight is 415 g/mol. The topological polar surface area (TPSA) is 54.4 Å². The molecule has 0 unspecified atom stereocenters. The zero-order valence-electron chi connectivity index (χ0n) is 14.7. The van der Waals surface area contributed by atoms with Crippen molar-refractivity contribution >= 4 is 21.4 Å². The van der Waals surface area contributed by atoms with Gasteiger partial charge in [-0.05, 0) is 80.5 Å². The number of rotatable bonds is 5. The summed E-state index contributed by atoms with van der Waals surface area (Å²) in [5, 5.41) is 9.56. The van der Waals surface area contributed by atoms with E-state index in [1.165, 1.54) is 24.3 Å². The number of benzene rings is 2. The molecule has 0 heterocycles. The SMILES string of the molecule is O=S(=O)(c1ccc(Cl)cc1)C1(c2cc(F)ccc2F)CCC(CCO)CC1. The summed E-state index contributed by atoms with van der Waals surface area (Å²) in [6.07, 6.45) is 1.95. The first-order valence-electron chi connectivity index (χ1n) is 8.87. The van der Waals surface area contributed by atoms with Crippen molar-refractivity contribution in [2.75, 3.05) is 6.61 Å². The molecule has 2 aromatic carbocycles. The quantitative estimate of drug-likeness (QED) is 0.760. The number of sulfone groups is 1. The summed E-state index contributed by atoms with van der Waals surface area (Å²) in [5.41, 5.74) is -0.125. The first-order valence-corrected chi connectivity index (χ1v) is 10.7. The summed E-state index contributed by atoms with van der Waals surface area (Å²) in [6.45, 7) is 0.0237. The molecule has 0 radical (unpaired) electrons. The van der Waals surface area contributed by atoms with Crippen molar-refractivity contribution in [3.05, 3.63) is 64.7 Å². The Hall–Kier alpha value is -1.50. The van der Waals surface area contributed by atoms with Gasteiger partial charge in [0.2, 0.25) is 0 Å². The van der Waals surface area contributed by atoms with Gasteiger partial charge in [-0.3, -0.25) is 0 Å². The second-order valence-corrected chi connectivity index (χ2v) is 9.73. The minimum atomic E-state index is -4.00. The molecule has 1 aliphatic carbocycles. The van der Waals surface area contributed by atoms with Crippen molar-refractivity contribution < 1.29 is 22.3 Å². The van der Waals surface area contributed by atoms with E-state index in [0.717, 1.165) is 18.2 Å². The molecule has 0 atom stereocenters. The van der Waals surface area contributed by atoms with Gasteiger partial charge in [0.05, 0.1) is 4.90 Å². The lowest BCUT2D eigenvalue weighted by Crippen LogP contribution is -2.40. The van der Waals surface area contributed by atoms with Crippen LogP contribution in [0.5, 0.6) is 0 Å². The fourth-order valence-corrected chi connectivity index (χ4v) is 6.27. The van der Waals surface area contributed by atoms with Gasteiger partial charge in [0.25, 0.3) is 0 Å². The number of hydrogen-bond acceptors (Lipinski definition) is 3. The summed E-state index contributed by atoms with van der Waals surface area (Å²) in [4.78, 5) is 0.0381. The minimum absolute atomic E-state index is 0.0237. The maximum atomic E-state index is 14.7. The molecule has 3 nitrogen and oxygen atoms in total. The van der Waals surface area contributed by atoms with E-state index >= 15 is 0 Å². The van der Waals surface area contributed by atoms with E-state index in [1.54, 1.807) is 0 Å². The Morgan fingerprint density at radius 1 is 1.07 bits per heavy atom. The molecule has 0 bridgehead atoms. The third kappa shape index (κ3) is 3.75. The number of aliphatic hydroxyl groups excluding tert-OH is 1. The molecule has 0 spiro atoms. The lowest BCUT2D eigenvalue weighted by molar-refractivity contribution is 0.211. The van der Waals surface area contributed by atoms with Gasteiger partial charge >= 0.3 is 0 Å². The van der Waals surface area contributed by atoms with Crippen molar-refractivity contribution in [3.8, 4) is 0 Å². The maximum absolute atomic E-state index is 14.7. The van der Waals surface area contributed by atoms with Gasteiger partial charge in [0.15, 0.2) is 9.84 Å². The van der Waals surface area contributed by atoms with Crippen LogP contribution in [0.1, 0.15) is 37.7 Å². The van der Waals surface area contributed by atoms with Gasteiger partial charge in [-0.15, -0.1) is 0 Å². The van der Waals surface area contributed by atoms with Crippen molar-refractivity contribution in [1.82, 2.24) is 0 Å². The Morgan fingerprint density at radius 2 is 1.70 bits per heavy atom. The van der Waals surface area contributed by atoms with Crippen molar-refractivity contribution in [3.63, 3.8) is 0 Å². The molecule has 146 valence electrons. The Bertz CT molecular complexity index is 905. The van der Waals surface area contributed by atoms with Crippen LogP contribution in [-0.2, 0) is 14.6 Å². The molecule has 7 heteroatoms. The molecule has 1 fully saturated rings. The van der Waals surface area contributed by atoms with E-state index < -0.39 is 26.2 Å². The second kappa shape index (κ2) is 7.86. The summed E-state index contributed by atoms with van der Waals surface area (Å²) in [7, 11) is -4.00. The van der Waals surface area contributed by atoms with Gasteiger partial charge in [-0.25, -0.2) is 17.2 Å². The smallest absolute Gasteiger partial charge is 0.188 e. The fourth-order valence-electron chi connectivity index (χ4n) is 3.98. The van der Waals surface area contributed by atoms with Gasteiger partial charge in [-0.1, -0.05) is 11.6 Å². The average Bonchev–Trinajstić information content (AvgIpc) is 2.65. The molecule has 0 saturated heterocycles. The summed E-state index contributed by atoms with van der Waals surface area (Å²) >= 11 is 5.87. The predicted molar refractivity (Wildman–Crippen MR) is 100 cm³/mol. The summed E-state index contributed by atoms with van der Waals surface area (Å²) in [6, 6.07) is 8.70. The lowest BCUT2D eigenvalue weighted by atomic mass is 9.76. The Morgan fingerprint density at radius 3 is 2.30 bits per heavy atom. The molecular weight excluding hydrogens is 394 g/mol. The molecule has 0 aromatic heterocycles. The maximum Gasteiger partial charge on any atom is 0.188 e. The summed E-state index contributed by atoms with van der Waals surface area (Å²) in [5.74, 6) is -1.23. The molecule has 27 heavy (non-hydrogen) atoms. The van der Waals surface area contributed by atoms with Crippen LogP contribution < -0.4 is 0 Å². The second-order valence-electron chi connectivity index (χ2n) is 7.03. The van der Waals surface area contributed by atoms with E-state index in [0.29, 0.717) is 24.3 Å². The Kier molecular flexibility index (Phi) is 5.89. The van der Waals surface area contributed by atoms with Gasteiger partial charge in [0.1, 0.15) is 16.4 Å². The zero-order chi connectivity index (χ0) is 19.7. The van der Waals surface area contributed by atoms with Gasteiger partial charge < -0.3 is 5.11 Å². The lowest BCUT2D eigenvalue weighted by Gasteiger charge is -2.40. The highest BCUT2D eigenvalue weighted by atomic mass is 35.5. The first-order chi connectivity index (χ1) is 12.8. The van der Waals surface area contributed by atoms with E-state index in [9.17, 15) is 17.2 Å².